The minimum Gasteiger partial charge on any atom is -0.333 e. The summed E-state index contributed by atoms with van der Waals surface area (Å²) in [5.74, 6) is 0.214. The van der Waals surface area contributed by atoms with E-state index < -0.39 is 0 Å². The number of rotatable bonds is 4. The van der Waals surface area contributed by atoms with E-state index in [1.54, 1.807) is 0 Å². The minimum absolute atomic E-state index is 0.0816. The quantitative estimate of drug-likeness (QED) is 0.205. The summed E-state index contributed by atoms with van der Waals surface area (Å²) in [5, 5.41) is 2.53. The van der Waals surface area contributed by atoms with Crippen LogP contribution in [0.15, 0.2) is 158 Å². The Morgan fingerprint density at radius 3 is 2.13 bits per heavy atom. The molecule has 45 heavy (non-hydrogen) atoms. The normalized spacial score (nSPS) is 18.4. The zero-order chi connectivity index (χ0) is 30.1. The number of anilines is 5. The van der Waals surface area contributed by atoms with Gasteiger partial charge in [0, 0.05) is 39.3 Å². The van der Waals surface area contributed by atoms with Gasteiger partial charge < -0.3 is 9.80 Å². The Bertz CT molecular complexity index is 2160. The molecule has 0 saturated heterocycles. The van der Waals surface area contributed by atoms with Crippen LogP contribution in [0.4, 0.5) is 28.4 Å². The summed E-state index contributed by atoms with van der Waals surface area (Å²) in [4.78, 5) is 5.07. The molecule has 3 aliphatic rings. The number of allylic oxidation sites excluding steroid dienone is 2. The van der Waals surface area contributed by atoms with E-state index in [-0.39, 0.29) is 17.4 Å². The van der Waals surface area contributed by atoms with E-state index in [4.69, 9.17) is 0 Å². The summed E-state index contributed by atoms with van der Waals surface area (Å²) >= 11 is 0. The molecule has 0 aromatic heterocycles. The number of fused-ring (bicyclic) bond motifs is 8. The summed E-state index contributed by atoms with van der Waals surface area (Å²) in [5.41, 5.74) is 12.9. The van der Waals surface area contributed by atoms with Crippen LogP contribution >= 0.6 is 0 Å². The predicted molar refractivity (Wildman–Crippen MR) is 190 cm³/mol. The largest absolute Gasteiger partial charge is 0.333 e. The fourth-order valence-corrected chi connectivity index (χ4v) is 8.09. The molecule has 2 atom stereocenters. The maximum atomic E-state index is 2.57. The molecule has 1 heterocycles. The Balaban J connectivity index is 1.34. The third kappa shape index (κ3) is 3.82. The van der Waals surface area contributed by atoms with Gasteiger partial charge in [-0.1, -0.05) is 129 Å². The lowest BCUT2D eigenvalue weighted by Crippen LogP contribution is -2.28. The molecule has 0 spiro atoms. The molecule has 0 saturated carbocycles. The first-order valence-corrected chi connectivity index (χ1v) is 16.0. The Morgan fingerprint density at radius 2 is 1.29 bits per heavy atom. The van der Waals surface area contributed by atoms with Crippen molar-refractivity contribution in [1.29, 1.82) is 0 Å². The Morgan fingerprint density at radius 1 is 0.600 bits per heavy atom. The highest BCUT2D eigenvalue weighted by Crippen LogP contribution is 2.57. The summed E-state index contributed by atoms with van der Waals surface area (Å²) in [7, 11) is 0. The monoisotopic (exact) mass is 578 g/mol. The number of benzene rings is 6. The minimum atomic E-state index is -0.0816. The molecule has 1 aliphatic heterocycles. The smallest absolute Gasteiger partial charge is 0.0630 e. The van der Waals surface area contributed by atoms with Crippen LogP contribution in [0.25, 0.3) is 21.9 Å². The van der Waals surface area contributed by atoms with Crippen molar-refractivity contribution in [2.75, 3.05) is 9.80 Å². The zero-order valence-corrected chi connectivity index (χ0v) is 25.6. The molecular formula is C43H34N2. The lowest BCUT2D eigenvalue weighted by atomic mass is 9.82. The van der Waals surface area contributed by atoms with E-state index >= 15 is 0 Å². The predicted octanol–water partition coefficient (Wildman–Crippen LogP) is 11.3. The van der Waals surface area contributed by atoms with Crippen molar-refractivity contribution in [3.63, 3.8) is 0 Å². The number of nitrogens with zero attached hydrogens (tertiary/aromatic N) is 2. The molecule has 9 rings (SSSR count). The standard InChI is InChI=1S/C43H34N2/c1-43(2)37-23-13-11-21-34(37)35-26-25-32(28-38(35)43)44(30-16-5-3-6-17-30)40-27-29-15-9-10-20-33(29)42-41(40)36-22-12-14-24-39(36)45(42)31-18-7-4-8-19-31/h3-28,36,39H,1-2H3. The van der Waals surface area contributed by atoms with Crippen LogP contribution in [0, 0.1) is 0 Å². The van der Waals surface area contributed by atoms with Gasteiger partial charge in [-0.05, 0) is 70.1 Å². The molecule has 2 nitrogen and oxygen atoms in total. The van der Waals surface area contributed by atoms with E-state index in [1.165, 1.54) is 61.3 Å². The first-order valence-electron chi connectivity index (χ1n) is 16.0. The molecule has 216 valence electrons. The number of hydrogen-bond donors (Lipinski definition) is 0. The maximum Gasteiger partial charge on any atom is 0.0630 e. The molecule has 0 radical (unpaired) electrons. The van der Waals surface area contributed by atoms with E-state index in [9.17, 15) is 0 Å². The van der Waals surface area contributed by atoms with Crippen LogP contribution in [0.3, 0.4) is 0 Å². The van der Waals surface area contributed by atoms with Crippen LogP contribution in [-0.4, -0.2) is 6.04 Å². The second-order valence-electron chi connectivity index (χ2n) is 12.9. The van der Waals surface area contributed by atoms with Gasteiger partial charge in [0.15, 0.2) is 0 Å². The molecule has 2 heteroatoms. The molecule has 0 amide bonds. The molecule has 0 fully saturated rings. The van der Waals surface area contributed by atoms with Gasteiger partial charge in [0.2, 0.25) is 0 Å². The first-order chi connectivity index (χ1) is 22.1. The molecule has 0 N–H and O–H groups in total. The fourth-order valence-electron chi connectivity index (χ4n) is 8.09. The highest BCUT2D eigenvalue weighted by molar-refractivity contribution is 6.05. The van der Waals surface area contributed by atoms with Gasteiger partial charge in [0.05, 0.1) is 17.4 Å². The van der Waals surface area contributed by atoms with Crippen LogP contribution in [0.2, 0.25) is 0 Å². The van der Waals surface area contributed by atoms with E-state index in [2.05, 4.69) is 181 Å². The SMILES string of the molecule is CC1(C)c2ccccc2-c2ccc(N(c3ccccc3)c3cc4ccccc4c4c3C3C=CC=CC3N4c3ccccc3)cc21. The second kappa shape index (κ2) is 9.84. The van der Waals surface area contributed by atoms with Crippen LogP contribution in [0.1, 0.15) is 36.5 Å². The molecule has 0 bridgehead atoms. The third-order valence-corrected chi connectivity index (χ3v) is 10.1. The first kappa shape index (κ1) is 26.1. The van der Waals surface area contributed by atoms with Gasteiger partial charge in [-0.15, -0.1) is 0 Å². The van der Waals surface area contributed by atoms with Crippen molar-refractivity contribution in [1.82, 2.24) is 0 Å². The van der Waals surface area contributed by atoms with Crippen LogP contribution in [-0.2, 0) is 5.41 Å². The molecule has 6 aromatic carbocycles. The van der Waals surface area contributed by atoms with Gasteiger partial charge in [-0.25, -0.2) is 0 Å². The van der Waals surface area contributed by atoms with E-state index in [0.717, 1.165) is 5.69 Å². The molecular weight excluding hydrogens is 544 g/mol. The zero-order valence-electron chi connectivity index (χ0n) is 25.6. The Kier molecular flexibility index (Phi) is 5.70. The summed E-state index contributed by atoms with van der Waals surface area (Å²) in [6, 6.07) is 49.3. The lowest BCUT2D eigenvalue weighted by molar-refractivity contribution is 0.660. The molecule has 6 aromatic rings. The van der Waals surface area contributed by atoms with Crippen molar-refractivity contribution < 1.29 is 0 Å². The van der Waals surface area contributed by atoms with E-state index in [0.29, 0.717) is 0 Å². The van der Waals surface area contributed by atoms with Gasteiger partial charge in [-0.2, -0.15) is 0 Å². The van der Waals surface area contributed by atoms with Gasteiger partial charge >= 0.3 is 0 Å². The van der Waals surface area contributed by atoms with Crippen molar-refractivity contribution >= 4 is 39.2 Å². The average molecular weight is 579 g/mol. The van der Waals surface area contributed by atoms with Gasteiger partial charge in [0.25, 0.3) is 0 Å². The van der Waals surface area contributed by atoms with Crippen LogP contribution < -0.4 is 9.80 Å². The van der Waals surface area contributed by atoms with Crippen molar-refractivity contribution in [2.45, 2.75) is 31.2 Å². The highest BCUT2D eigenvalue weighted by atomic mass is 15.2. The van der Waals surface area contributed by atoms with E-state index in [1.807, 2.05) is 0 Å². The Labute approximate surface area is 265 Å². The van der Waals surface area contributed by atoms with Gasteiger partial charge in [-0.3, -0.25) is 0 Å². The Hall–Kier alpha value is -5.34. The highest BCUT2D eigenvalue weighted by Gasteiger charge is 2.42. The molecule has 2 unspecified atom stereocenters. The van der Waals surface area contributed by atoms with Gasteiger partial charge in [0.1, 0.15) is 0 Å². The summed E-state index contributed by atoms with van der Waals surface area (Å²) < 4.78 is 0. The van der Waals surface area contributed by atoms with Crippen LogP contribution in [0.5, 0.6) is 0 Å². The van der Waals surface area contributed by atoms with Crippen molar-refractivity contribution in [2.24, 2.45) is 0 Å². The summed E-state index contributed by atoms with van der Waals surface area (Å²) in [6.45, 7) is 4.73. The number of hydrogen-bond acceptors (Lipinski definition) is 2. The third-order valence-electron chi connectivity index (χ3n) is 10.1. The fraction of sp³-hybridized carbons (Fsp3) is 0.116. The summed E-state index contributed by atoms with van der Waals surface area (Å²) in [6.07, 6.45) is 9.20. The maximum absolute atomic E-state index is 2.57. The topological polar surface area (TPSA) is 6.48 Å². The lowest BCUT2D eigenvalue weighted by Gasteiger charge is -2.31. The average Bonchev–Trinajstić information content (AvgIpc) is 3.56. The van der Waals surface area contributed by atoms with Crippen molar-refractivity contribution in [3.05, 3.63) is 174 Å². The number of para-hydroxylation sites is 2. The van der Waals surface area contributed by atoms with Crippen molar-refractivity contribution in [3.8, 4) is 11.1 Å². The molecule has 2 aliphatic carbocycles. The second-order valence-corrected chi connectivity index (χ2v) is 12.9.